The number of carbonyl (C=O) groups excluding carboxylic acids is 1. The molecule has 3 atom stereocenters. The van der Waals surface area contributed by atoms with E-state index in [0.29, 0.717) is 0 Å². The molecule has 0 aromatic carbocycles. The van der Waals surface area contributed by atoms with Crippen molar-refractivity contribution in [3.05, 3.63) is 20.8 Å². The maximum atomic E-state index is 11.9. The minimum absolute atomic E-state index is 0.0454. The third-order valence-electron chi connectivity index (χ3n) is 3.85. The Bertz CT molecular complexity index is 463. The molecule has 1 aliphatic heterocycles. The Morgan fingerprint density at radius 3 is 2.90 bits per heavy atom. The van der Waals surface area contributed by atoms with Crippen molar-refractivity contribution in [1.82, 2.24) is 10.2 Å². The summed E-state index contributed by atoms with van der Waals surface area (Å²) in [7, 11) is 1.71. The summed E-state index contributed by atoms with van der Waals surface area (Å²) in [5.41, 5.74) is 6.21. The number of hydrogen-bond acceptors (Lipinski definition) is 4. The van der Waals surface area contributed by atoms with Crippen LogP contribution in [0.3, 0.4) is 0 Å². The number of carbonyl (C=O) groups is 1. The number of amides is 1. The van der Waals surface area contributed by atoms with Crippen molar-refractivity contribution in [2.45, 2.75) is 31.8 Å². The number of thiophene rings is 1. The Balaban J connectivity index is 2.15. The standard InChI is InChI=1S/C14H22BrN3OS/c1-9(16)13(11-5-6-12(15)20-11)18-7-3-4-10(8-18)14(19)17-2/h5-6,9-10,13H,3-4,7-8,16H2,1-2H3,(H,17,19). The second-order valence-electron chi connectivity index (χ2n) is 5.39. The molecule has 6 heteroatoms. The summed E-state index contributed by atoms with van der Waals surface area (Å²) < 4.78 is 1.12. The van der Waals surface area contributed by atoms with E-state index in [9.17, 15) is 4.79 Å². The lowest BCUT2D eigenvalue weighted by molar-refractivity contribution is -0.126. The van der Waals surface area contributed by atoms with Gasteiger partial charge in [0.25, 0.3) is 0 Å². The zero-order chi connectivity index (χ0) is 14.7. The van der Waals surface area contributed by atoms with Gasteiger partial charge in [-0.3, -0.25) is 9.69 Å². The van der Waals surface area contributed by atoms with Gasteiger partial charge < -0.3 is 11.1 Å². The van der Waals surface area contributed by atoms with Gasteiger partial charge in [-0.25, -0.2) is 0 Å². The average molecular weight is 360 g/mol. The highest BCUT2D eigenvalue weighted by Gasteiger charge is 2.32. The Kier molecular flexibility index (Phi) is 5.60. The number of hydrogen-bond donors (Lipinski definition) is 2. The summed E-state index contributed by atoms with van der Waals surface area (Å²) in [6.45, 7) is 3.85. The topological polar surface area (TPSA) is 58.4 Å². The minimum Gasteiger partial charge on any atom is -0.359 e. The molecule has 112 valence electrons. The molecule has 1 aromatic heterocycles. The predicted octanol–water partition coefficient (Wildman–Crippen LogP) is 2.36. The van der Waals surface area contributed by atoms with Crippen molar-refractivity contribution in [3.63, 3.8) is 0 Å². The van der Waals surface area contributed by atoms with Gasteiger partial charge in [-0.05, 0) is 54.4 Å². The fraction of sp³-hybridized carbons (Fsp3) is 0.643. The molecule has 0 saturated carbocycles. The molecule has 4 nitrogen and oxygen atoms in total. The molecular formula is C14H22BrN3OS. The van der Waals surface area contributed by atoms with E-state index in [1.54, 1.807) is 18.4 Å². The summed E-state index contributed by atoms with van der Waals surface area (Å²) in [4.78, 5) is 15.5. The summed E-state index contributed by atoms with van der Waals surface area (Å²) in [5.74, 6) is 0.226. The normalized spacial score (nSPS) is 23.3. The van der Waals surface area contributed by atoms with E-state index in [4.69, 9.17) is 5.73 Å². The van der Waals surface area contributed by atoms with Crippen LogP contribution in [0.25, 0.3) is 0 Å². The van der Waals surface area contributed by atoms with Crippen molar-refractivity contribution in [2.75, 3.05) is 20.1 Å². The van der Waals surface area contributed by atoms with Crippen LogP contribution in [0.4, 0.5) is 0 Å². The lowest BCUT2D eigenvalue weighted by Crippen LogP contribution is -2.47. The minimum atomic E-state index is 0.0454. The lowest BCUT2D eigenvalue weighted by Gasteiger charge is -2.39. The van der Waals surface area contributed by atoms with Crippen molar-refractivity contribution in [3.8, 4) is 0 Å². The Labute approximate surface area is 132 Å². The molecule has 1 saturated heterocycles. The molecule has 0 aliphatic carbocycles. The number of halogens is 1. The molecule has 0 bridgehead atoms. The van der Waals surface area contributed by atoms with Crippen LogP contribution in [0.15, 0.2) is 15.9 Å². The lowest BCUT2D eigenvalue weighted by atomic mass is 9.94. The van der Waals surface area contributed by atoms with Crippen LogP contribution in [0, 0.1) is 5.92 Å². The van der Waals surface area contributed by atoms with Gasteiger partial charge in [0.1, 0.15) is 0 Å². The molecule has 0 spiro atoms. The SMILES string of the molecule is CNC(=O)C1CCCN(C(c2ccc(Br)s2)C(C)N)C1. The largest absolute Gasteiger partial charge is 0.359 e. The van der Waals surface area contributed by atoms with Crippen molar-refractivity contribution in [1.29, 1.82) is 0 Å². The molecule has 20 heavy (non-hydrogen) atoms. The average Bonchev–Trinajstić information content (AvgIpc) is 2.84. The summed E-state index contributed by atoms with van der Waals surface area (Å²) >= 11 is 5.24. The summed E-state index contributed by atoms with van der Waals surface area (Å²) in [6, 6.07) is 4.43. The van der Waals surface area contributed by atoms with Gasteiger partial charge in [0.15, 0.2) is 0 Å². The van der Waals surface area contributed by atoms with Crippen molar-refractivity contribution >= 4 is 33.2 Å². The molecule has 1 fully saturated rings. The molecule has 1 amide bonds. The first-order valence-corrected chi connectivity index (χ1v) is 8.60. The van der Waals surface area contributed by atoms with Gasteiger partial charge in [-0.2, -0.15) is 0 Å². The number of rotatable bonds is 4. The second-order valence-corrected chi connectivity index (χ2v) is 7.89. The van der Waals surface area contributed by atoms with Crippen LogP contribution in [-0.4, -0.2) is 37.0 Å². The van der Waals surface area contributed by atoms with Crippen LogP contribution < -0.4 is 11.1 Å². The smallest absolute Gasteiger partial charge is 0.224 e. The van der Waals surface area contributed by atoms with Gasteiger partial charge in [0.05, 0.1) is 15.7 Å². The van der Waals surface area contributed by atoms with Gasteiger partial charge in [-0.15, -0.1) is 11.3 Å². The first-order valence-electron chi connectivity index (χ1n) is 6.99. The maximum absolute atomic E-state index is 11.9. The molecule has 3 unspecified atom stereocenters. The summed E-state index contributed by atoms with van der Waals surface area (Å²) in [6.07, 6.45) is 2.02. The number of nitrogens with one attached hydrogen (secondary N) is 1. The fourth-order valence-corrected chi connectivity index (χ4v) is 4.61. The molecule has 2 rings (SSSR count). The van der Waals surface area contributed by atoms with Crippen LogP contribution in [0.2, 0.25) is 0 Å². The van der Waals surface area contributed by atoms with Gasteiger partial charge in [-0.1, -0.05) is 0 Å². The van der Waals surface area contributed by atoms with E-state index >= 15 is 0 Å². The van der Waals surface area contributed by atoms with Crippen LogP contribution in [-0.2, 0) is 4.79 Å². The zero-order valence-corrected chi connectivity index (χ0v) is 14.3. The van der Waals surface area contributed by atoms with E-state index in [1.807, 2.05) is 6.92 Å². The Morgan fingerprint density at radius 2 is 2.35 bits per heavy atom. The summed E-state index contributed by atoms with van der Waals surface area (Å²) in [5, 5.41) is 2.77. The van der Waals surface area contributed by atoms with E-state index < -0.39 is 0 Å². The van der Waals surface area contributed by atoms with Crippen molar-refractivity contribution < 1.29 is 4.79 Å². The van der Waals surface area contributed by atoms with Crippen LogP contribution in [0.1, 0.15) is 30.7 Å². The van der Waals surface area contributed by atoms with Gasteiger partial charge in [0.2, 0.25) is 5.91 Å². The third-order valence-corrected chi connectivity index (χ3v) is 5.54. The first-order chi connectivity index (χ1) is 9.52. The molecule has 1 aliphatic rings. The number of likely N-dealkylation sites (tertiary alicyclic amines) is 1. The van der Waals surface area contributed by atoms with E-state index in [0.717, 1.165) is 29.7 Å². The monoisotopic (exact) mass is 359 g/mol. The highest BCUT2D eigenvalue weighted by Crippen LogP contribution is 2.34. The maximum Gasteiger partial charge on any atom is 0.224 e. The second kappa shape index (κ2) is 7.02. The zero-order valence-electron chi connectivity index (χ0n) is 11.9. The fourth-order valence-electron chi connectivity index (χ4n) is 2.94. The van der Waals surface area contributed by atoms with E-state index in [-0.39, 0.29) is 23.9 Å². The van der Waals surface area contributed by atoms with E-state index in [2.05, 4.69) is 38.3 Å². The quantitative estimate of drug-likeness (QED) is 0.867. The number of nitrogens with zero attached hydrogens (tertiary/aromatic N) is 1. The van der Waals surface area contributed by atoms with Crippen molar-refractivity contribution in [2.24, 2.45) is 11.7 Å². The molecule has 1 aromatic rings. The van der Waals surface area contributed by atoms with Crippen LogP contribution in [0.5, 0.6) is 0 Å². The number of nitrogens with two attached hydrogens (primary N) is 1. The highest BCUT2D eigenvalue weighted by atomic mass is 79.9. The third kappa shape index (κ3) is 3.61. The Morgan fingerprint density at radius 1 is 1.60 bits per heavy atom. The van der Waals surface area contributed by atoms with Gasteiger partial charge >= 0.3 is 0 Å². The molecular weight excluding hydrogens is 338 g/mol. The van der Waals surface area contributed by atoms with Crippen LogP contribution >= 0.6 is 27.3 Å². The molecule has 2 heterocycles. The number of piperidine rings is 1. The highest BCUT2D eigenvalue weighted by molar-refractivity contribution is 9.11. The molecule has 3 N–H and O–H groups in total. The van der Waals surface area contributed by atoms with E-state index in [1.165, 1.54) is 4.88 Å². The molecule has 0 radical (unpaired) electrons. The first kappa shape index (κ1) is 15.9. The van der Waals surface area contributed by atoms with Gasteiger partial charge in [0, 0.05) is 24.5 Å². The predicted molar refractivity (Wildman–Crippen MR) is 86.8 cm³/mol. The Hall–Kier alpha value is -0.430.